The molecule has 2 nitrogen and oxygen atoms in total. The number of likely N-dealkylation sites (N-methyl/N-ethyl adjacent to an activating group) is 1. The third-order valence-corrected chi connectivity index (χ3v) is 2.98. The van der Waals surface area contributed by atoms with Crippen molar-refractivity contribution in [2.24, 2.45) is 0 Å². The summed E-state index contributed by atoms with van der Waals surface area (Å²) in [5.74, 6) is 1.57. The molecule has 90 valence electrons. The SMILES string of the molecule is CCN(CCCl)CCOc1cccc(Br)c1. The van der Waals surface area contributed by atoms with E-state index < -0.39 is 0 Å². The van der Waals surface area contributed by atoms with E-state index in [-0.39, 0.29) is 0 Å². The fourth-order valence-corrected chi connectivity index (χ4v) is 2.01. The Morgan fingerprint density at radius 2 is 2.19 bits per heavy atom. The summed E-state index contributed by atoms with van der Waals surface area (Å²) in [4.78, 5) is 2.27. The number of hydrogen-bond donors (Lipinski definition) is 0. The van der Waals surface area contributed by atoms with Gasteiger partial charge in [0.2, 0.25) is 0 Å². The van der Waals surface area contributed by atoms with E-state index in [1.807, 2.05) is 24.3 Å². The molecule has 0 atom stereocenters. The van der Waals surface area contributed by atoms with Crippen LogP contribution in [0.5, 0.6) is 5.75 Å². The molecule has 0 N–H and O–H groups in total. The van der Waals surface area contributed by atoms with E-state index in [4.69, 9.17) is 16.3 Å². The first-order valence-electron chi connectivity index (χ1n) is 5.43. The van der Waals surface area contributed by atoms with Crippen molar-refractivity contribution in [3.8, 4) is 5.75 Å². The van der Waals surface area contributed by atoms with E-state index in [2.05, 4.69) is 27.8 Å². The van der Waals surface area contributed by atoms with E-state index in [0.29, 0.717) is 12.5 Å². The van der Waals surface area contributed by atoms with Crippen LogP contribution in [0.3, 0.4) is 0 Å². The lowest BCUT2D eigenvalue weighted by atomic mass is 10.3. The van der Waals surface area contributed by atoms with Crippen LogP contribution < -0.4 is 4.74 Å². The molecule has 0 spiro atoms. The van der Waals surface area contributed by atoms with Gasteiger partial charge in [-0.1, -0.05) is 28.9 Å². The molecule has 1 rings (SSSR count). The summed E-state index contributed by atoms with van der Waals surface area (Å²) in [6, 6.07) is 7.88. The predicted octanol–water partition coefficient (Wildman–Crippen LogP) is 3.39. The van der Waals surface area contributed by atoms with Gasteiger partial charge in [0.25, 0.3) is 0 Å². The minimum Gasteiger partial charge on any atom is -0.492 e. The van der Waals surface area contributed by atoms with Crippen molar-refractivity contribution in [3.05, 3.63) is 28.7 Å². The highest BCUT2D eigenvalue weighted by Gasteiger charge is 2.01. The van der Waals surface area contributed by atoms with Crippen molar-refractivity contribution < 1.29 is 4.74 Å². The lowest BCUT2D eigenvalue weighted by molar-refractivity contribution is 0.223. The van der Waals surface area contributed by atoms with Gasteiger partial charge >= 0.3 is 0 Å². The van der Waals surface area contributed by atoms with Crippen molar-refractivity contribution in [1.29, 1.82) is 0 Å². The molecule has 1 aromatic carbocycles. The second-order valence-corrected chi connectivity index (χ2v) is 4.72. The molecule has 0 aromatic heterocycles. The van der Waals surface area contributed by atoms with Gasteiger partial charge in [-0.25, -0.2) is 0 Å². The van der Waals surface area contributed by atoms with Gasteiger partial charge in [0.1, 0.15) is 12.4 Å². The van der Waals surface area contributed by atoms with Crippen LogP contribution in [-0.4, -0.2) is 37.0 Å². The van der Waals surface area contributed by atoms with Crippen LogP contribution in [0.1, 0.15) is 6.92 Å². The Bertz CT molecular complexity index is 309. The Hall–Kier alpha value is -0.250. The molecule has 0 bridgehead atoms. The van der Waals surface area contributed by atoms with Crippen LogP contribution in [0.2, 0.25) is 0 Å². The van der Waals surface area contributed by atoms with Gasteiger partial charge in [0, 0.05) is 23.4 Å². The van der Waals surface area contributed by atoms with Crippen LogP contribution in [0.15, 0.2) is 28.7 Å². The van der Waals surface area contributed by atoms with Gasteiger partial charge in [-0.15, -0.1) is 11.6 Å². The molecule has 0 radical (unpaired) electrons. The molecule has 0 aliphatic heterocycles. The first-order chi connectivity index (χ1) is 7.76. The number of ether oxygens (including phenoxy) is 1. The molecule has 0 unspecified atom stereocenters. The highest BCUT2D eigenvalue weighted by Crippen LogP contribution is 2.17. The van der Waals surface area contributed by atoms with Crippen LogP contribution in [0.25, 0.3) is 0 Å². The second-order valence-electron chi connectivity index (χ2n) is 3.43. The summed E-state index contributed by atoms with van der Waals surface area (Å²) in [7, 11) is 0. The molecule has 0 aliphatic rings. The van der Waals surface area contributed by atoms with Gasteiger partial charge in [0.15, 0.2) is 0 Å². The summed E-state index contributed by atoms with van der Waals surface area (Å²) < 4.78 is 6.69. The summed E-state index contributed by atoms with van der Waals surface area (Å²) >= 11 is 9.12. The molecular weight excluding hydrogens is 289 g/mol. The van der Waals surface area contributed by atoms with Crippen molar-refractivity contribution in [2.45, 2.75) is 6.92 Å². The molecule has 0 saturated heterocycles. The van der Waals surface area contributed by atoms with Gasteiger partial charge in [-0.3, -0.25) is 4.90 Å². The van der Waals surface area contributed by atoms with Crippen molar-refractivity contribution in [1.82, 2.24) is 4.90 Å². The average molecular weight is 307 g/mol. The van der Waals surface area contributed by atoms with Gasteiger partial charge < -0.3 is 4.74 Å². The highest BCUT2D eigenvalue weighted by molar-refractivity contribution is 9.10. The molecule has 0 amide bonds. The maximum Gasteiger partial charge on any atom is 0.120 e. The molecule has 16 heavy (non-hydrogen) atoms. The van der Waals surface area contributed by atoms with Gasteiger partial charge in [-0.05, 0) is 24.7 Å². The average Bonchev–Trinajstić information content (AvgIpc) is 2.28. The monoisotopic (exact) mass is 305 g/mol. The number of alkyl halides is 1. The molecule has 4 heteroatoms. The Morgan fingerprint density at radius 1 is 1.38 bits per heavy atom. The highest BCUT2D eigenvalue weighted by atomic mass is 79.9. The van der Waals surface area contributed by atoms with Crippen molar-refractivity contribution in [2.75, 3.05) is 32.1 Å². The molecule has 0 fully saturated rings. The van der Waals surface area contributed by atoms with E-state index in [1.54, 1.807) is 0 Å². The molecule has 0 saturated carbocycles. The van der Waals surface area contributed by atoms with Gasteiger partial charge in [0.05, 0.1) is 0 Å². The van der Waals surface area contributed by atoms with Crippen molar-refractivity contribution in [3.63, 3.8) is 0 Å². The minimum atomic E-state index is 0.671. The van der Waals surface area contributed by atoms with E-state index >= 15 is 0 Å². The fourth-order valence-electron chi connectivity index (χ4n) is 1.40. The van der Waals surface area contributed by atoms with Crippen LogP contribution in [0.4, 0.5) is 0 Å². The zero-order valence-corrected chi connectivity index (χ0v) is 11.8. The number of hydrogen-bond acceptors (Lipinski definition) is 2. The largest absolute Gasteiger partial charge is 0.492 e. The first-order valence-corrected chi connectivity index (χ1v) is 6.75. The summed E-state index contributed by atoms with van der Waals surface area (Å²) in [5.41, 5.74) is 0. The van der Waals surface area contributed by atoms with Crippen molar-refractivity contribution >= 4 is 27.5 Å². The molecule has 0 heterocycles. The van der Waals surface area contributed by atoms with Crippen LogP contribution >= 0.6 is 27.5 Å². The second kappa shape index (κ2) is 7.93. The topological polar surface area (TPSA) is 12.5 Å². The fraction of sp³-hybridized carbons (Fsp3) is 0.500. The van der Waals surface area contributed by atoms with Crippen LogP contribution in [-0.2, 0) is 0 Å². The summed E-state index contributed by atoms with van der Waals surface area (Å²) in [6.45, 7) is 5.66. The van der Waals surface area contributed by atoms with E-state index in [9.17, 15) is 0 Å². The predicted molar refractivity (Wildman–Crippen MR) is 72.5 cm³/mol. The molecule has 0 aliphatic carbocycles. The Balaban J connectivity index is 2.29. The van der Waals surface area contributed by atoms with Gasteiger partial charge in [-0.2, -0.15) is 0 Å². The first kappa shape index (κ1) is 13.8. The lowest BCUT2D eigenvalue weighted by Gasteiger charge is -2.18. The normalized spacial score (nSPS) is 10.8. The number of nitrogens with zero attached hydrogens (tertiary/aromatic N) is 1. The standard InChI is InChI=1S/C12H17BrClNO/c1-2-15(7-6-14)8-9-16-12-5-3-4-11(13)10-12/h3-5,10H,2,6-9H2,1H3. The number of benzene rings is 1. The quantitative estimate of drug-likeness (QED) is 0.716. The third-order valence-electron chi connectivity index (χ3n) is 2.32. The zero-order valence-electron chi connectivity index (χ0n) is 9.46. The van der Waals surface area contributed by atoms with Crippen LogP contribution in [0, 0.1) is 0 Å². The molecular formula is C12H17BrClNO. The summed E-state index contributed by atoms with van der Waals surface area (Å²) in [5, 5.41) is 0. The zero-order chi connectivity index (χ0) is 11.8. The van der Waals surface area contributed by atoms with E-state index in [0.717, 1.165) is 29.9 Å². The number of halogens is 2. The Labute approximate surface area is 111 Å². The lowest BCUT2D eigenvalue weighted by Crippen LogP contribution is -2.30. The third kappa shape index (κ3) is 5.19. The van der Waals surface area contributed by atoms with E-state index in [1.165, 1.54) is 0 Å². The maximum atomic E-state index is 5.70. The minimum absolute atomic E-state index is 0.671. The summed E-state index contributed by atoms with van der Waals surface area (Å²) in [6.07, 6.45) is 0. The molecule has 1 aromatic rings. The Kier molecular flexibility index (Phi) is 6.85. The number of rotatable bonds is 7. The Morgan fingerprint density at radius 3 is 2.81 bits per heavy atom. The smallest absolute Gasteiger partial charge is 0.120 e. The maximum absolute atomic E-state index is 5.70.